The van der Waals surface area contributed by atoms with E-state index >= 15 is 0 Å². The Bertz CT molecular complexity index is 520. The Kier molecular flexibility index (Phi) is 17.3. The molecule has 0 saturated carbocycles. The molecular weight excluding hydrogens is 395 g/mol. The number of aromatic nitrogens is 2. The molecule has 0 spiro atoms. The third kappa shape index (κ3) is 16.6. The van der Waals surface area contributed by atoms with Gasteiger partial charge in [0.15, 0.2) is 0 Å². The Labute approximate surface area is 178 Å². The van der Waals surface area contributed by atoms with Gasteiger partial charge in [-0.3, -0.25) is 4.57 Å². The van der Waals surface area contributed by atoms with E-state index in [1.54, 1.807) is 0 Å². The topological polar surface area (TPSA) is 66.3 Å². The van der Waals surface area contributed by atoms with Gasteiger partial charge in [-0.25, -0.2) is 9.13 Å². The van der Waals surface area contributed by atoms with Crippen molar-refractivity contribution in [3.8, 4) is 0 Å². The van der Waals surface area contributed by atoms with Crippen LogP contribution in [-0.4, -0.2) is 20.5 Å². The molecule has 2 N–H and O–H groups in total. The lowest BCUT2D eigenvalue weighted by Crippen LogP contribution is -3.00. The second kappa shape index (κ2) is 17.5. The molecular formula is C21H42ClN2O3P. The molecule has 5 nitrogen and oxygen atoms in total. The molecule has 1 aromatic heterocycles. The summed E-state index contributed by atoms with van der Waals surface area (Å²) in [4.78, 5) is 17.8. The Hall–Kier alpha value is -0.350. The molecule has 0 saturated heterocycles. The number of imidazole rings is 1. The third-order valence-corrected chi connectivity index (χ3v) is 5.95. The number of aryl methyl sites for hydroxylation is 2. The van der Waals surface area contributed by atoms with E-state index in [0.29, 0.717) is 6.54 Å². The summed E-state index contributed by atoms with van der Waals surface area (Å²) in [6.45, 7) is 3.63. The molecule has 0 atom stereocenters. The van der Waals surface area contributed by atoms with Crippen molar-refractivity contribution in [2.75, 3.05) is 6.16 Å². The van der Waals surface area contributed by atoms with Crippen LogP contribution in [0.1, 0.15) is 96.8 Å². The number of nitrogens with zero attached hydrogens (tertiary/aromatic N) is 2. The first kappa shape index (κ1) is 27.6. The highest BCUT2D eigenvalue weighted by molar-refractivity contribution is 7.51. The number of unbranched alkanes of at least 4 members (excludes halogenated alkanes) is 13. The SMILES string of the molecule is CCCCCCCCCCCCCCCCn1cc[n+](CCP(=O)(O)O)c1.[Cl-]. The molecule has 166 valence electrons. The average molecular weight is 437 g/mol. The van der Waals surface area contributed by atoms with Gasteiger partial charge in [-0.15, -0.1) is 0 Å². The summed E-state index contributed by atoms with van der Waals surface area (Å²) in [5.41, 5.74) is 0. The Morgan fingerprint density at radius 1 is 0.821 bits per heavy atom. The van der Waals surface area contributed by atoms with E-state index in [1.165, 1.54) is 89.9 Å². The molecule has 1 aromatic rings. The van der Waals surface area contributed by atoms with Crippen molar-refractivity contribution in [1.29, 1.82) is 0 Å². The molecule has 0 aromatic carbocycles. The molecule has 0 amide bonds. The molecule has 0 aliphatic rings. The fourth-order valence-corrected chi connectivity index (χ4v) is 3.93. The predicted molar refractivity (Wildman–Crippen MR) is 112 cm³/mol. The zero-order valence-electron chi connectivity index (χ0n) is 17.8. The van der Waals surface area contributed by atoms with Crippen LogP contribution in [0.25, 0.3) is 0 Å². The van der Waals surface area contributed by atoms with Crippen molar-refractivity contribution in [3.05, 3.63) is 18.7 Å². The van der Waals surface area contributed by atoms with E-state index < -0.39 is 7.60 Å². The van der Waals surface area contributed by atoms with Gasteiger partial charge in [0.05, 0.1) is 12.7 Å². The summed E-state index contributed by atoms with van der Waals surface area (Å²) in [6, 6.07) is 0. The van der Waals surface area contributed by atoms with Crippen LogP contribution in [0.3, 0.4) is 0 Å². The molecule has 28 heavy (non-hydrogen) atoms. The van der Waals surface area contributed by atoms with Gasteiger partial charge >= 0.3 is 7.60 Å². The highest BCUT2D eigenvalue weighted by Gasteiger charge is 2.15. The van der Waals surface area contributed by atoms with Crippen molar-refractivity contribution in [2.24, 2.45) is 0 Å². The second-order valence-corrected chi connectivity index (χ2v) is 9.65. The van der Waals surface area contributed by atoms with E-state index in [0.717, 1.165) is 6.54 Å². The lowest BCUT2D eigenvalue weighted by molar-refractivity contribution is -0.692. The summed E-state index contributed by atoms with van der Waals surface area (Å²) in [5.74, 6) is 0. The van der Waals surface area contributed by atoms with Gasteiger partial charge in [-0.2, -0.15) is 0 Å². The van der Waals surface area contributed by atoms with Crippen LogP contribution in [0.5, 0.6) is 0 Å². The fraction of sp³-hybridized carbons (Fsp3) is 0.857. The lowest BCUT2D eigenvalue weighted by Gasteiger charge is -2.03. The van der Waals surface area contributed by atoms with Crippen molar-refractivity contribution in [3.63, 3.8) is 0 Å². The van der Waals surface area contributed by atoms with Crippen LogP contribution in [0, 0.1) is 0 Å². The van der Waals surface area contributed by atoms with Gasteiger partial charge in [0.25, 0.3) is 0 Å². The smallest absolute Gasteiger partial charge is 0.329 e. The molecule has 0 aliphatic heterocycles. The first-order valence-corrected chi connectivity index (χ1v) is 12.9. The monoisotopic (exact) mass is 436 g/mol. The predicted octanol–water partition coefficient (Wildman–Crippen LogP) is 2.44. The minimum Gasteiger partial charge on any atom is -1.00 e. The molecule has 0 fully saturated rings. The Morgan fingerprint density at radius 3 is 1.75 bits per heavy atom. The molecule has 1 rings (SSSR count). The van der Waals surface area contributed by atoms with Gasteiger partial charge < -0.3 is 22.2 Å². The third-order valence-electron chi connectivity index (χ3n) is 5.17. The van der Waals surface area contributed by atoms with Crippen LogP contribution in [0.2, 0.25) is 0 Å². The molecule has 0 bridgehead atoms. The van der Waals surface area contributed by atoms with E-state index in [1.807, 2.05) is 23.3 Å². The van der Waals surface area contributed by atoms with E-state index in [2.05, 4.69) is 11.5 Å². The first-order valence-electron chi connectivity index (χ1n) is 11.1. The van der Waals surface area contributed by atoms with Crippen molar-refractivity contribution >= 4 is 7.60 Å². The average Bonchev–Trinajstić information content (AvgIpc) is 3.07. The van der Waals surface area contributed by atoms with Crippen LogP contribution >= 0.6 is 7.60 Å². The maximum absolute atomic E-state index is 10.9. The zero-order chi connectivity index (χ0) is 19.8. The first-order chi connectivity index (χ1) is 13.0. The van der Waals surface area contributed by atoms with Crippen molar-refractivity contribution in [1.82, 2.24) is 4.57 Å². The van der Waals surface area contributed by atoms with E-state index in [-0.39, 0.29) is 18.6 Å². The van der Waals surface area contributed by atoms with Crippen LogP contribution in [0.15, 0.2) is 18.7 Å². The summed E-state index contributed by atoms with van der Waals surface area (Å²) in [7, 11) is -3.90. The zero-order valence-corrected chi connectivity index (χ0v) is 19.4. The van der Waals surface area contributed by atoms with Gasteiger partial charge in [0.2, 0.25) is 6.33 Å². The van der Waals surface area contributed by atoms with Crippen molar-refractivity contribution in [2.45, 2.75) is 110 Å². The highest BCUT2D eigenvalue weighted by Crippen LogP contribution is 2.33. The Balaban J connectivity index is 0.00000729. The number of halogens is 1. The molecule has 0 unspecified atom stereocenters. The van der Waals surface area contributed by atoms with Gasteiger partial charge in [-0.05, 0) is 12.8 Å². The molecule has 0 radical (unpaired) electrons. The van der Waals surface area contributed by atoms with E-state index in [4.69, 9.17) is 9.79 Å². The maximum Gasteiger partial charge on any atom is 0.329 e. The fourth-order valence-electron chi connectivity index (χ4n) is 3.44. The lowest BCUT2D eigenvalue weighted by atomic mass is 10.0. The van der Waals surface area contributed by atoms with Gasteiger partial charge in [0.1, 0.15) is 18.9 Å². The summed E-state index contributed by atoms with van der Waals surface area (Å²) in [6.07, 6.45) is 24.9. The van der Waals surface area contributed by atoms with Crippen molar-refractivity contribution < 1.29 is 31.3 Å². The highest BCUT2D eigenvalue weighted by atomic mass is 35.5. The summed E-state index contributed by atoms with van der Waals surface area (Å²) >= 11 is 0. The second-order valence-electron chi connectivity index (χ2n) is 7.87. The summed E-state index contributed by atoms with van der Waals surface area (Å²) in [5, 5.41) is 0. The minimum atomic E-state index is -3.90. The standard InChI is InChI=1S/C21H41N2O3P.ClH/c1-2-3-4-5-6-7-8-9-10-11-12-13-14-15-16-22-17-18-23(21-22)19-20-27(24,25)26;/h17-18,21H,2-16,19-20H2,1H3,(H-,24,25,26);1H. The largest absolute Gasteiger partial charge is 1.00 e. The number of hydrogen-bond acceptors (Lipinski definition) is 1. The van der Waals surface area contributed by atoms with Gasteiger partial charge in [0, 0.05) is 0 Å². The minimum absolute atomic E-state index is 0. The quantitative estimate of drug-likeness (QED) is 0.211. The molecule has 0 aliphatic carbocycles. The Morgan fingerprint density at radius 2 is 1.29 bits per heavy atom. The number of rotatable bonds is 18. The maximum atomic E-state index is 10.9. The van der Waals surface area contributed by atoms with Crippen LogP contribution in [0.4, 0.5) is 0 Å². The number of hydrogen-bond donors (Lipinski definition) is 2. The summed E-state index contributed by atoms with van der Waals surface area (Å²) < 4.78 is 14.9. The molecule has 7 heteroatoms. The normalized spacial score (nSPS) is 11.5. The van der Waals surface area contributed by atoms with Crippen LogP contribution < -0.4 is 17.0 Å². The van der Waals surface area contributed by atoms with Gasteiger partial charge in [-0.1, -0.05) is 84.0 Å². The molecule has 1 heterocycles. The van der Waals surface area contributed by atoms with E-state index in [9.17, 15) is 4.57 Å². The van der Waals surface area contributed by atoms with Crippen LogP contribution in [-0.2, 0) is 17.7 Å².